The summed E-state index contributed by atoms with van der Waals surface area (Å²) in [4.78, 5) is 11.3. The standard InChI is InChI=1S/C11H12ClNO/c12-7-11(14)9-3-4-10-8(6-9)2-1-5-13-10/h3-4,6,13H,1-2,5,7H2. The number of rotatable bonds is 2. The van der Waals surface area contributed by atoms with Gasteiger partial charge >= 0.3 is 0 Å². The molecule has 0 amide bonds. The van der Waals surface area contributed by atoms with Gasteiger partial charge in [-0.25, -0.2) is 0 Å². The van der Waals surface area contributed by atoms with Gasteiger partial charge in [0.25, 0.3) is 0 Å². The van der Waals surface area contributed by atoms with Gasteiger partial charge in [-0.3, -0.25) is 4.79 Å². The van der Waals surface area contributed by atoms with Gasteiger partial charge in [0.15, 0.2) is 5.78 Å². The minimum absolute atomic E-state index is 0.0000372. The lowest BCUT2D eigenvalue weighted by molar-refractivity contribution is 0.102. The molecular formula is C11H12ClNO. The largest absolute Gasteiger partial charge is 0.385 e. The average molecular weight is 210 g/mol. The third kappa shape index (κ3) is 1.75. The fraction of sp³-hybridized carbons (Fsp3) is 0.364. The summed E-state index contributed by atoms with van der Waals surface area (Å²) in [5.41, 5.74) is 3.11. The number of hydrogen-bond acceptors (Lipinski definition) is 2. The molecule has 0 fully saturated rings. The van der Waals surface area contributed by atoms with E-state index in [2.05, 4.69) is 5.32 Å². The van der Waals surface area contributed by atoms with Gasteiger partial charge in [-0.1, -0.05) is 0 Å². The Labute approximate surface area is 88.3 Å². The first kappa shape index (κ1) is 9.53. The van der Waals surface area contributed by atoms with Crippen LogP contribution in [0.15, 0.2) is 18.2 Å². The van der Waals surface area contributed by atoms with E-state index in [4.69, 9.17) is 11.6 Å². The van der Waals surface area contributed by atoms with E-state index in [1.54, 1.807) is 0 Å². The molecule has 1 aliphatic heterocycles. The van der Waals surface area contributed by atoms with E-state index in [0.717, 1.165) is 30.6 Å². The topological polar surface area (TPSA) is 29.1 Å². The molecule has 0 saturated heterocycles. The summed E-state index contributed by atoms with van der Waals surface area (Å²) in [6.45, 7) is 1.02. The van der Waals surface area contributed by atoms with E-state index >= 15 is 0 Å². The Kier molecular flexibility index (Phi) is 2.73. The van der Waals surface area contributed by atoms with Crippen molar-refractivity contribution in [3.05, 3.63) is 29.3 Å². The van der Waals surface area contributed by atoms with Crippen LogP contribution < -0.4 is 5.32 Å². The lowest BCUT2D eigenvalue weighted by Crippen LogP contribution is -2.12. The molecule has 0 aromatic heterocycles. The van der Waals surface area contributed by atoms with Gasteiger partial charge in [0.05, 0.1) is 5.88 Å². The fourth-order valence-corrected chi connectivity index (χ4v) is 1.88. The molecule has 74 valence electrons. The molecule has 0 aliphatic carbocycles. The summed E-state index contributed by atoms with van der Waals surface area (Å²) >= 11 is 5.50. The van der Waals surface area contributed by atoms with Crippen LogP contribution in [-0.4, -0.2) is 18.2 Å². The van der Waals surface area contributed by atoms with Crippen molar-refractivity contribution >= 4 is 23.1 Å². The van der Waals surface area contributed by atoms with Crippen LogP contribution in [0.25, 0.3) is 0 Å². The number of aryl methyl sites for hydroxylation is 1. The van der Waals surface area contributed by atoms with Crippen molar-refractivity contribution in [1.29, 1.82) is 0 Å². The normalized spacial score (nSPS) is 14.4. The van der Waals surface area contributed by atoms with Gasteiger partial charge in [0.2, 0.25) is 0 Å². The number of alkyl halides is 1. The summed E-state index contributed by atoms with van der Waals surface area (Å²) in [5.74, 6) is 0.0618. The van der Waals surface area contributed by atoms with E-state index < -0.39 is 0 Å². The zero-order chi connectivity index (χ0) is 9.97. The zero-order valence-corrected chi connectivity index (χ0v) is 8.60. The number of ketones is 1. The second kappa shape index (κ2) is 4.01. The number of carbonyl (C=O) groups excluding carboxylic acids is 1. The molecule has 1 aromatic rings. The molecule has 1 N–H and O–H groups in total. The highest BCUT2D eigenvalue weighted by Crippen LogP contribution is 2.23. The molecule has 2 nitrogen and oxygen atoms in total. The van der Waals surface area contributed by atoms with Crippen molar-refractivity contribution in [3.8, 4) is 0 Å². The first-order valence-electron chi connectivity index (χ1n) is 4.77. The lowest BCUT2D eigenvalue weighted by atomic mass is 9.99. The summed E-state index contributed by atoms with van der Waals surface area (Å²) in [7, 11) is 0. The number of halogens is 1. The molecular weight excluding hydrogens is 198 g/mol. The fourth-order valence-electron chi connectivity index (χ4n) is 1.73. The average Bonchev–Trinajstić information content (AvgIpc) is 2.27. The Hall–Kier alpha value is -1.02. The van der Waals surface area contributed by atoms with Gasteiger partial charge in [0.1, 0.15) is 0 Å². The van der Waals surface area contributed by atoms with Crippen molar-refractivity contribution in [2.45, 2.75) is 12.8 Å². The molecule has 0 bridgehead atoms. The van der Waals surface area contributed by atoms with Crippen LogP contribution in [0.5, 0.6) is 0 Å². The molecule has 0 radical (unpaired) electrons. The molecule has 3 heteroatoms. The number of anilines is 1. The van der Waals surface area contributed by atoms with E-state index in [1.807, 2.05) is 18.2 Å². The van der Waals surface area contributed by atoms with Crippen LogP contribution in [0.3, 0.4) is 0 Å². The van der Waals surface area contributed by atoms with E-state index in [9.17, 15) is 4.79 Å². The Morgan fingerprint density at radius 2 is 2.36 bits per heavy atom. The van der Waals surface area contributed by atoms with Crippen molar-refractivity contribution in [2.24, 2.45) is 0 Å². The SMILES string of the molecule is O=C(CCl)c1ccc2c(c1)CCCN2. The zero-order valence-electron chi connectivity index (χ0n) is 7.85. The van der Waals surface area contributed by atoms with Crippen LogP contribution in [0, 0.1) is 0 Å². The molecule has 0 unspecified atom stereocenters. The van der Waals surface area contributed by atoms with E-state index in [0.29, 0.717) is 0 Å². The Balaban J connectivity index is 2.33. The number of hydrogen-bond donors (Lipinski definition) is 1. The summed E-state index contributed by atoms with van der Waals surface area (Å²) in [5, 5.41) is 3.30. The van der Waals surface area contributed by atoms with Crippen molar-refractivity contribution in [3.63, 3.8) is 0 Å². The number of fused-ring (bicyclic) bond motifs is 1. The maximum atomic E-state index is 11.3. The van der Waals surface area contributed by atoms with E-state index in [1.165, 1.54) is 5.56 Å². The van der Waals surface area contributed by atoms with Crippen LogP contribution in [0.2, 0.25) is 0 Å². The number of benzene rings is 1. The third-order valence-corrected chi connectivity index (χ3v) is 2.73. The first-order valence-corrected chi connectivity index (χ1v) is 5.30. The molecule has 14 heavy (non-hydrogen) atoms. The summed E-state index contributed by atoms with van der Waals surface area (Å²) in [6.07, 6.45) is 2.18. The van der Waals surface area contributed by atoms with Crippen LogP contribution in [0.4, 0.5) is 5.69 Å². The van der Waals surface area contributed by atoms with E-state index in [-0.39, 0.29) is 11.7 Å². The minimum atomic E-state index is 0.0000372. The molecule has 0 atom stereocenters. The molecule has 1 aromatic carbocycles. The van der Waals surface area contributed by atoms with Crippen LogP contribution in [0.1, 0.15) is 22.3 Å². The summed E-state index contributed by atoms with van der Waals surface area (Å²) < 4.78 is 0. The molecule has 2 rings (SSSR count). The third-order valence-electron chi connectivity index (χ3n) is 2.49. The van der Waals surface area contributed by atoms with Gasteiger partial charge in [-0.2, -0.15) is 0 Å². The highest BCUT2D eigenvalue weighted by molar-refractivity contribution is 6.30. The van der Waals surface area contributed by atoms with Crippen LogP contribution >= 0.6 is 11.6 Å². The number of carbonyl (C=O) groups is 1. The predicted octanol–water partition coefficient (Wildman–Crippen LogP) is 2.47. The van der Waals surface area contributed by atoms with Crippen molar-refractivity contribution < 1.29 is 4.79 Å². The number of Topliss-reactive ketones (excluding diaryl/α,β-unsaturated/α-hetero) is 1. The van der Waals surface area contributed by atoms with Gasteiger partial charge < -0.3 is 5.32 Å². The monoisotopic (exact) mass is 209 g/mol. The van der Waals surface area contributed by atoms with Crippen molar-refractivity contribution in [1.82, 2.24) is 0 Å². The quantitative estimate of drug-likeness (QED) is 0.599. The summed E-state index contributed by atoms with van der Waals surface area (Å²) in [6, 6.07) is 5.75. The highest BCUT2D eigenvalue weighted by atomic mass is 35.5. The first-order chi connectivity index (χ1) is 6.81. The predicted molar refractivity (Wildman–Crippen MR) is 58.3 cm³/mol. The Bertz CT molecular complexity index is 362. The second-order valence-corrected chi connectivity index (χ2v) is 3.73. The molecule has 1 aliphatic rings. The Morgan fingerprint density at radius 1 is 1.50 bits per heavy atom. The highest BCUT2D eigenvalue weighted by Gasteiger charge is 2.11. The molecule has 1 heterocycles. The molecule has 0 spiro atoms. The number of nitrogens with one attached hydrogen (secondary N) is 1. The minimum Gasteiger partial charge on any atom is -0.385 e. The smallest absolute Gasteiger partial charge is 0.177 e. The second-order valence-electron chi connectivity index (χ2n) is 3.46. The van der Waals surface area contributed by atoms with Crippen molar-refractivity contribution in [2.75, 3.05) is 17.7 Å². The molecule has 0 saturated carbocycles. The maximum absolute atomic E-state index is 11.3. The van der Waals surface area contributed by atoms with Gasteiger partial charge in [-0.15, -0.1) is 11.6 Å². The van der Waals surface area contributed by atoms with Gasteiger partial charge in [0, 0.05) is 17.8 Å². The van der Waals surface area contributed by atoms with Crippen LogP contribution in [-0.2, 0) is 6.42 Å². The maximum Gasteiger partial charge on any atom is 0.177 e. The lowest BCUT2D eigenvalue weighted by Gasteiger charge is -2.18. The van der Waals surface area contributed by atoms with Gasteiger partial charge in [-0.05, 0) is 36.6 Å². The Morgan fingerprint density at radius 3 is 3.14 bits per heavy atom.